The van der Waals surface area contributed by atoms with Crippen LogP contribution in [0.25, 0.3) is 0 Å². The number of alkyl carbamates (subject to hydrolysis) is 1. The van der Waals surface area contributed by atoms with Crippen LogP contribution < -0.4 is 10.6 Å². The number of nitrogens with one attached hydrogen (secondary N) is 2. The Bertz CT molecular complexity index is 790. The van der Waals surface area contributed by atoms with Crippen molar-refractivity contribution >= 4 is 23.6 Å². The van der Waals surface area contributed by atoms with Crippen molar-refractivity contribution in [3.8, 4) is 0 Å². The molecule has 8 nitrogen and oxygen atoms in total. The van der Waals surface area contributed by atoms with Gasteiger partial charge in [-0.3, -0.25) is 14.5 Å². The van der Waals surface area contributed by atoms with Gasteiger partial charge in [-0.05, 0) is 77.6 Å². The highest BCUT2D eigenvalue weighted by molar-refractivity contribution is 5.95. The van der Waals surface area contributed by atoms with Crippen LogP contribution in [0.3, 0.4) is 0 Å². The van der Waals surface area contributed by atoms with Gasteiger partial charge in [0, 0.05) is 19.3 Å². The lowest BCUT2D eigenvalue weighted by atomic mass is 9.97. The van der Waals surface area contributed by atoms with E-state index in [9.17, 15) is 14.4 Å². The lowest BCUT2D eigenvalue weighted by Gasteiger charge is -2.32. The van der Waals surface area contributed by atoms with E-state index in [4.69, 9.17) is 4.74 Å². The first-order chi connectivity index (χ1) is 14.9. The largest absolute Gasteiger partial charge is 0.444 e. The Balaban J connectivity index is 1.71. The Morgan fingerprint density at radius 2 is 1.72 bits per heavy atom. The van der Waals surface area contributed by atoms with Crippen molar-refractivity contribution in [3.05, 3.63) is 29.3 Å². The summed E-state index contributed by atoms with van der Waals surface area (Å²) >= 11 is 0. The fourth-order valence-corrected chi connectivity index (χ4v) is 3.70. The first-order valence-electron chi connectivity index (χ1n) is 11.2. The molecule has 1 heterocycles. The van der Waals surface area contributed by atoms with E-state index in [1.54, 1.807) is 7.05 Å². The summed E-state index contributed by atoms with van der Waals surface area (Å²) in [5.41, 5.74) is 2.29. The summed E-state index contributed by atoms with van der Waals surface area (Å²) in [7, 11) is 1.66. The summed E-state index contributed by atoms with van der Waals surface area (Å²) in [6.07, 6.45) is 1.41. The van der Waals surface area contributed by atoms with Crippen LogP contribution in [0.5, 0.6) is 0 Å². The van der Waals surface area contributed by atoms with E-state index in [0.29, 0.717) is 19.0 Å². The highest BCUT2D eigenvalue weighted by Crippen LogP contribution is 2.19. The molecule has 32 heavy (non-hydrogen) atoms. The van der Waals surface area contributed by atoms with E-state index in [-0.39, 0.29) is 18.4 Å². The molecule has 0 spiro atoms. The van der Waals surface area contributed by atoms with E-state index in [2.05, 4.69) is 15.5 Å². The molecule has 2 N–H and O–H groups in total. The molecule has 1 saturated heterocycles. The van der Waals surface area contributed by atoms with Gasteiger partial charge in [-0.1, -0.05) is 18.2 Å². The Morgan fingerprint density at radius 3 is 2.28 bits per heavy atom. The molecule has 3 amide bonds. The number of likely N-dealkylation sites (tertiary alicyclic amines) is 1. The number of ether oxygens (including phenoxy) is 1. The van der Waals surface area contributed by atoms with Crippen LogP contribution in [0.15, 0.2) is 18.2 Å². The topological polar surface area (TPSA) is 91.0 Å². The molecule has 178 valence electrons. The van der Waals surface area contributed by atoms with Crippen molar-refractivity contribution in [2.24, 2.45) is 5.92 Å². The van der Waals surface area contributed by atoms with Gasteiger partial charge in [0.2, 0.25) is 11.8 Å². The lowest BCUT2D eigenvalue weighted by molar-refractivity contribution is -0.134. The molecule has 1 aromatic carbocycles. The Labute approximate surface area is 191 Å². The van der Waals surface area contributed by atoms with Gasteiger partial charge in [0.05, 0.1) is 13.1 Å². The van der Waals surface area contributed by atoms with Crippen LogP contribution in [0.2, 0.25) is 0 Å². The molecule has 0 radical (unpaired) electrons. The quantitative estimate of drug-likeness (QED) is 0.672. The summed E-state index contributed by atoms with van der Waals surface area (Å²) in [6, 6.07) is 5.85. The van der Waals surface area contributed by atoms with E-state index < -0.39 is 11.7 Å². The molecule has 0 bridgehead atoms. The number of benzene rings is 1. The van der Waals surface area contributed by atoms with Crippen LogP contribution in [-0.2, 0) is 14.3 Å². The summed E-state index contributed by atoms with van der Waals surface area (Å²) < 4.78 is 5.27. The SMILES string of the molecule is Cc1cccc(C)c1NC(=O)CN(C)C(=O)CN1CCC(CNC(=O)OC(C)(C)C)CC1. The van der Waals surface area contributed by atoms with Gasteiger partial charge in [0.25, 0.3) is 0 Å². The van der Waals surface area contributed by atoms with Crippen LogP contribution in [0.4, 0.5) is 10.5 Å². The zero-order chi connectivity index (χ0) is 23.9. The number of amides is 3. The number of likely N-dealkylation sites (N-methyl/N-ethyl adjacent to an activating group) is 1. The first kappa shape index (κ1) is 25.6. The zero-order valence-electron chi connectivity index (χ0n) is 20.3. The number of carbonyl (C=O) groups is 3. The van der Waals surface area contributed by atoms with E-state index in [0.717, 1.165) is 42.7 Å². The van der Waals surface area contributed by atoms with Crippen molar-refractivity contribution in [3.63, 3.8) is 0 Å². The van der Waals surface area contributed by atoms with E-state index >= 15 is 0 Å². The number of anilines is 1. The molecular weight excluding hydrogens is 408 g/mol. The zero-order valence-corrected chi connectivity index (χ0v) is 20.3. The monoisotopic (exact) mass is 446 g/mol. The van der Waals surface area contributed by atoms with E-state index in [1.807, 2.05) is 52.8 Å². The first-order valence-corrected chi connectivity index (χ1v) is 11.2. The van der Waals surface area contributed by atoms with Gasteiger partial charge in [-0.2, -0.15) is 0 Å². The van der Waals surface area contributed by atoms with Crippen LogP contribution in [0, 0.1) is 19.8 Å². The molecule has 1 aliphatic rings. The number of piperidine rings is 1. The minimum Gasteiger partial charge on any atom is -0.444 e. The van der Waals surface area contributed by atoms with Crippen LogP contribution in [-0.4, -0.2) is 73.1 Å². The van der Waals surface area contributed by atoms with Crippen molar-refractivity contribution in [2.75, 3.05) is 45.1 Å². The molecule has 0 saturated carbocycles. The summed E-state index contributed by atoms with van der Waals surface area (Å²) in [5, 5.41) is 5.75. The summed E-state index contributed by atoms with van der Waals surface area (Å²) in [5.74, 6) is 0.0897. The van der Waals surface area contributed by atoms with Gasteiger partial charge in [-0.15, -0.1) is 0 Å². The van der Waals surface area contributed by atoms with Crippen molar-refractivity contribution in [1.29, 1.82) is 0 Å². The third kappa shape index (κ3) is 8.49. The second-order valence-electron chi connectivity index (χ2n) is 9.67. The average molecular weight is 447 g/mol. The number of para-hydroxylation sites is 1. The molecule has 0 atom stereocenters. The maximum atomic E-state index is 12.6. The lowest BCUT2D eigenvalue weighted by Crippen LogP contribution is -2.45. The van der Waals surface area contributed by atoms with Gasteiger partial charge in [0.15, 0.2) is 0 Å². The predicted molar refractivity (Wildman–Crippen MR) is 126 cm³/mol. The predicted octanol–water partition coefficient (Wildman–Crippen LogP) is 2.94. The summed E-state index contributed by atoms with van der Waals surface area (Å²) in [4.78, 5) is 40.4. The number of hydrogen-bond donors (Lipinski definition) is 2. The van der Waals surface area contributed by atoms with Gasteiger partial charge in [-0.25, -0.2) is 4.79 Å². The third-order valence-corrected chi connectivity index (χ3v) is 5.55. The van der Waals surface area contributed by atoms with Crippen molar-refractivity contribution in [2.45, 2.75) is 53.1 Å². The molecule has 0 aliphatic carbocycles. The van der Waals surface area contributed by atoms with Crippen molar-refractivity contribution in [1.82, 2.24) is 15.1 Å². The number of carbonyl (C=O) groups excluding carboxylic acids is 3. The molecule has 8 heteroatoms. The van der Waals surface area contributed by atoms with E-state index in [1.165, 1.54) is 4.90 Å². The van der Waals surface area contributed by atoms with Crippen molar-refractivity contribution < 1.29 is 19.1 Å². The fraction of sp³-hybridized carbons (Fsp3) is 0.625. The fourth-order valence-electron chi connectivity index (χ4n) is 3.70. The van der Waals surface area contributed by atoms with Crippen LogP contribution in [0.1, 0.15) is 44.7 Å². The Morgan fingerprint density at radius 1 is 1.12 bits per heavy atom. The van der Waals surface area contributed by atoms with Gasteiger partial charge in [0.1, 0.15) is 5.60 Å². The number of nitrogens with zero attached hydrogens (tertiary/aromatic N) is 2. The Kier molecular flexibility index (Phi) is 9.07. The molecule has 1 aliphatic heterocycles. The van der Waals surface area contributed by atoms with Crippen LogP contribution >= 0.6 is 0 Å². The average Bonchev–Trinajstić information content (AvgIpc) is 2.69. The molecule has 0 unspecified atom stereocenters. The maximum absolute atomic E-state index is 12.6. The third-order valence-electron chi connectivity index (χ3n) is 5.55. The normalized spacial score (nSPS) is 15.2. The molecule has 1 aromatic rings. The molecule has 0 aromatic heterocycles. The second kappa shape index (κ2) is 11.3. The molecule has 1 fully saturated rings. The minimum absolute atomic E-state index is 0.0167. The second-order valence-corrected chi connectivity index (χ2v) is 9.67. The van der Waals surface area contributed by atoms with Gasteiger partial charge < -0.3 is 20.3 Å². The molecular formula is C24H38N4O4. The number of aryl methyl sites for hydroxylation is 2. The highest BCUT2D eigenvalue weighted by Gasteiger charge is 2.24. The standard InChI is InChI=1S/C24H38N4O4/c1-17-8-7-9-18(2)22(17)26-20(29)15-27(6)21(30)16-28-12-10-19(11-13-28)14-25-23(31)32-24(3,4)5/h7-9,19H,10-16H2,1-6H3,(H,25,31)(H,26,29). The number of rotatable bonds is 7. The van der Waals surface area contributed by atoms with Gasteiger partial charge >= 0.3 is 6.09 Å². The molecule has 2 rings (SSSR count). The highest BCUT2D eigenvalue weighted by atomic mass is 16.6. The Hall–Kier alpha value is -2.61. The minimum atomic E-state index is -0.504. The summed E-state index contributed by atoms with van der Waals surface area (Å²) in [6.45, 7) is 11.9. The smallest absolute Gasteiger partial charge is 0.407 e. The maximum Gasteiger partial charge on any atom is 0.407 e. The number of hydrogen-bond acceptors (Lipinski definition) is 5.